The van der Waals surface area contributed by atoms with Crippen LogP contribution in [-0.2, 0) is 4.79 Å². The number of thiazole rings is 1. The van der Waals surface area contributed by atoms with Crippen LogP contribution in [0.2, 0.25) is 0 Å². The van der Waals surface area contributed by atoms with Crippen LogP contribution < -0.4 is 5.32 Å². The lowest BCUT2D eigenvalue weighted by atomic mass is 10.2. The zero-order valence-corrected chi connectivity index (χ0v) is 13.1. The second-order valence-electron chi connectivity index (χ2n) is 4.80. The Balaban J connectivity index is 1.56. The number of aromatic nitrogens is 1. The minimum Gasteiger partial charge on any atom is -0.348 e. The Hall–Kier alpha value is -1.34. The van der Waals surface area contributed by atoms with E-state index < -0.39 is 0 Å². The molecular weight excluding hydrogens is 292 g/mol. The van der Waals surface area contributed by atoms with Gasteiger partial charge in [-0.1, -0.05) is 11.8 Å². The highest BCUT2D eigenvalue weighted by molar-refractivity contribution is 8.16. The number of aliphatic imine (C=N–C) groups is 1. The average Bonchev–Trinajstić information content (AvgIpc) is 3.07. The van der Waals surface area contributed by atoms with Crippen molar-refractivity contribution in [1.82, 2.24) is 15.2 Å². The summed E-state index contributed by atoms with van der Waals surface area (Å²) in [6, 6.07) is -0.0474. The summed E-state index contributed by atoms with van der Waals surface area (Å²) in [4.78, 5) is 23.0. The van der Waals surface area contributed by atoms with E-state index in [4.69, 9.17) is 0 Å². The lowest BCUT2D eigenvalue weighted by Crippen LogP contribution is -2.30. The highest BCUT2D eigenvalue weighted by atomic mass is 32.2. The monoisotopic (exact) mass is 308 g/mol. The van der Waals surface area contributed by atoms with E-state index in [0.29, 0.717) is 6.42 Å². The number of fused-ring (bicyclic) bond motifs is 1. The molecule has 0 spiro atoms. The van der Waals surface area contributed by atoms with Crippen LogP contribution in [-0.4, -0.2) is 34.0 Å². The first-order valence-electron chi connectivity index (χ1n) is 6.52. The Morgan fingerprint density at radius 3 is 3.20 bits per heavy atom. The lowest BCUT2D eigenvalue weighted by Gasteiger charge is -2.17. The summed E-state index contributed by atoms with van der Waals surface area (Å²) >= 11 is 3.21. The number of aryl methyl sites for hydroxylation is 1. The van der Waals surface area contributed by atoms with Crippen LogP contribution >= 0.6 is 23.1 Å². The van der Waals surface area contributed by atoms with Gasteiger partial charge < -0.3 is 10.2 Å². The topological polar surface area (TPSA) is 57.6 Å². The molecule has 0 aromatic carbocycles. The number of amidine groups is 1. The van der Waals surface area contributed by atoms with Gasteiger partial charge in [-0.15, -0.1) is 11.3 Å². The van der Waals surface area contributed by atoms with E-state index in [9.17, 15) is 4.79 Å². The fourth-order valence-corrected chi connectivity index (χ4v) is 3.89. The van der Waals surface area contributed by atoms with Crippen LogP contribution in [0.4, 0.5) is 0 Å². The van der Waals surface area contributed by atoms with E-state index in [1.165, 1.54) is 0 Å². The van der Waals surface area contributed by atoms with E-state index >= 15 is 0 Å². The smallest absolute Gasteiger partial charge is 0.226 e. The van der Waals surface area contributed by atoms with Gasteiger partial charge in [0.25, 0.3) is 0 Å². The van der Waals surface area contributed by atoms with Crippen LogP contribution in [0.5, 0.6) is 0 Å². The highest BCUT2D eigenvalue weighted by Gasteiger charge is 2.27. The van der Waals surface area contributed by atoms with Crippen molar-refractivity contribution in [2.75, 3.05) is 13.1 Å². The summed E-state index contributed by atoms with van der Waals surface area (Å²) in [6.45, 7) is 5.66. The van der Waals surface area contributed by atoms with E-state index in [0.717, 1.165) is 34.7 Å². The Kier molecular flexibility index (Phi) is 3.80. The zero-order valence-electron chi connectivity index (χ0n) is 11.4. The maximum atomic E-state index is 12.1. The normalized spacial score (nSPS) is 18.6. The Morgan fingerprint density at radius 2 is 2.45 bits per heavy atom. The summed E-state index contributed by atoms with van der Waals surface area (Å²) in [7, 11) is 0. The Morgan fingerprint density at radius 1 is 1.60 bits per heavy atom. The van der Waals surface area contributed by atoms with Gasteiger partial charge in [-0.3, -0.25) is 9.79 Å². The molecule has 0 radical (unpaired) electrons. The molecule has 0 fully saturated rings. The van der Waals surface area contributed by atoms with E-state index in [-0.39, 0.29) is 11.9 Å². The predicted molar refractivity (Wildman–Crippen MR) is 82.7 cm³/mol. The first kappa shape index (κ1) is 13.6. The molecule has 20 heavy (non-hydrogen) atoms. The fourth-order valence-electron chi connectivity index (χ4n) is 2.23. The largest absolute Gasteiger partial charge is 0.348 e. The molecule has 3 rings (SSSR count). The van der Waals surface area contributed by atoms with Gasteiger partial charge in [0.1, 0.15) is 0 Å². The van der Waals surface area contributed by atoms with Gasteiger partial charge >= 0.3 is 0 Å². The molecule has 0 saturated carbocycles. The van der Waals surface area contributed by atoms with Crippen molar-refractivity contribution in [2.45, 2.75) is 26.3 Å². The Bertz CT molecular complexity index is 593. The standard InChI is InChI=1S/C13H16N4OS2/c1-8(11-7-19-9(2)16-11)15-12(18)5-10-6-20-13-14-3-4-17(10)13/h6-8H,3-5H2,1-2H3,(H,15,18). The summed E-state index contributed by atoms with van der Waals surface area (Å²) in [5.41, 5.74) is 1.98. The number of amides is 1. The third kappa shape index (κ3) is 2.73. The number of rotatable bonds is 4. The summed E-state index contributed by atoms with van der Waals surface area (Å²) in [5, 5.41) is 9.07. The first-order valence-corrected chi connectivity index (χ1v) is 8.28. The Labute approximate surface area is 126 Å². The number of nitrogens with one attached hydrogen (secondary N) is 1. The van der Waals surface area contributed by atoms with Crippen LogP contribution in [0.15, 0.2) is 21.5 Å². The number of hydrogen-bond donors (Lipinski definition) is 1. The fraction of sp³-hybridized carbons (Fsp3) is 0.462. The molecule has 1 amide bonds. The average molecular weight is 308 g/mol. The van der Waals surface area contributed by atoms with Crippen molar-refractivity contribution in [3.63, 3.8) is 0 Å². The minimum absolute atomic E-state index is 0.0307. The van der Waals surface area contributed by atoms with Crippen LogP contribution in [0.3, 0.4) is 0 Å². The summed E-state index contributed by atoms with van der Waals surface area (Å²) < 4.78 is 0. The van der Waals surface area contributed by atoms with Gasteiger partial charge in [0.15, 0.2) is 5.17 Å². The zero-order chi connectivity index (χ0) is 14.1. The molecule has 1 atom stereocenters. The van der Waals surface area contributed by atoms with Crippen LogP contribution in [0.1, 0.15) is 30.1 Å². The van der Waals surface area contributed by atoms with Gasteiger partial charge in [-0.25, -0.2) is 4.98 Å². The molecule has 3 heterocycles. The molecule has 0 saturated heterocycles. The third-order valence-electron chi connectivity index (χ3n) is 3.25. The van der Waals surface area contributed by atoms with E-state index in [2.05, 4.69) is 20.2 Å². The molecule has 7 heteroatoms. The second-order valence-corrected chi connectivity index (χ2v) is 6.70. The van der Waals surface area contributed by atoms with Gasteiger partial charge in [0.05, 0.1) is 29.7 Å². The van der Waals surface area contributed by atoms with Crippen LogP contribution in [0.25, 0.3) is 0 Å². The molecule has 1 unspecified atom stereocenters. The van der Waals surface area contributed by atoms with E-state index in [1.54, 1.807) is 23.1 Å². The maximum absolute atomic E-state index is 12.1. The van der Waals surface area contributed by atoms with Crippen molar-refractivity contribution >= 4 is 34.2 Å². The third-order valence-corrected chi connectivity index (χ3v) is 4.99. The van der Waals surface area contributed by atoms with E-state index in [1.807, 2.05) is 24.6 Å². The van der Waals surface area contributed by atoms with Gasteiger partial charge in [0, 0.05) is 17.6 Å². The quantitative estimate of drug-likeness (QED) is 0.927. The van der Waals surface area contributed by atoms with Crippen molar-refractivity contribution < 1.29 is 4.79 Å². The lowest BCUT2D eigenvalue weighted by molar-refractivity contribution is -0.121. The van der Waals surface area contributed by atoms with Crippen molar-refractivity contribution in [3.8, 4) is 0 Å². The van der Waals surface area contributed by atoms with Crippen molar-refractivity contribution in [1.29, 1.82) is 0 Å². The number of nitrogens with zero attached hydrogens (tertiary/aromatic N) is 3. The number of thioether (sulfide) groups is 1. The molecule has 2 aliphatic heterocycles. The molecule has 1 N–H and O–H groups in total. The molecule has 106 valence electrons. The number of carbonyl (C=O) groups is 1. The van der Waals surface area contributed by atoms with Crippen LogP contribution in [0, 0.1) is 6.92 Å². The first-order chi connectivity index (χ1) is 9.63. The maximum Gasteiger partial charge on any atom is 0.226 e. The molecule has 0 aliphatic carbocycles. The molecule has 0 bridgehead atoms. The molecule has 1 aromatic rings. The number of hydrogen-bond acceptors (Lipinski definition) is 6. The van der Waals surface area contributed by atoms with Gasteiger partial charge in [-0.2, -0.15) is 0 Å². The van der Waals surface area contributed by atoms with Crippen molar-refractivity contribution in [2.24, 2.45) is 4.99 Å². The summed E-state index contributed by atoms with van der Waals surface area (Å²) in [6.07, 6.45) is 0.402. The highest BCUT2D eigenvalue weighted by Crippen LogP contribution is 2.30. The van der Waals surface area contributed by atoms with Crippen molar-refractivity contribution in [3.05, 3.63) is 27.2 Å². The second kappa shape index (κ2) is 5.57. The minimum atomic E-state index is -0.0474. The van der Waals surface area contributed by atoms with Gasteiger partial charge in [0.2, 0.25) is 5.91 Å². The molecule has 5 nitrogen and oxygen atoms in total. The molecular formula is C13H16N4OS2. The summed E-state index contributed by atoms with van der Waals surface area (Å²) in [5.74, 6) is 0.0307. The number of carbonyl (C=O) groups excluding carboxylic acids is 1. The molecule has 1 aromatic heterocycles. The molecule has 2 aliphatic rings. The SMILES string of the molecule is Cc1nc(C(C)NC(=O)CC2=CSC3=NCCN23)cs1. The predicted octanol–water partition coefficient (Wildman–Crippen LogP) is 2.28. The van der Waals surface area contributed by atoms with Gasteiger partial charge in [-0.05, 0) is 19.3 Å².